The van der Waals surface area contributed by atoms with Gasteiger partial charge in [0.25, 0.3) is 5.56 Å². The van der Waals surface area contributed by atoms with Gasteiger partial charge in [0, 0.05) is 5.92 Å². The molecule has 158 valence electrons. The standard InChI is InChI=1S/C28H25N3O/c32-28-23-17-9-10-18-24(23)29-27-22(16-8-7-13-20-11-3-1-4-12-20)19-25-26(30(25)31(27)28)21-14-5-2-6-15-21/h1-7,9-15,17-18,22,25-26H,8,16,19H2/t22-,25?,26?,30?/m0/s1. The first kappa shape index (κ1) is 19.1. The first-order valence-corrected chi connectivity index (χ1v) is 11.4. The Balaban J connectivity index is 1.34. The highest BCUT2D eigenvalue weighted by atomic mass is 16.1. The lowest BCUT2D eigenvalue weighted by molar-refractivity contribution is 0.471. The van der Waals surface area contributed by atoms with E-state index < -0.39 is 0 Å². The number of hydrogen-bond acceptors (Lipinski definition) is 3. The van der Waals surface area contributed by atoms with E-state index in [1.165, 1.54) is 11.1 Å². The van der Waals surface area contributed by atoms with Crippen LogP contribution in [0, 0.1) is 0 Å². The van der Waals surface area contributed by atoms with Crippen LogP contribution >= 0.6 is 0 Å². The molecule has 4 nitrogen and oxygen atoms in total. The minimum Gasteiger partial charge on any atom is -0.293 e. The van der Waals surface area contributed by atoms with Gasteiger partial charge < -0.3 is 0 Å². The molecule has 3 aromatic carbocycles. The third kappa shape index (κ3) is 3.23. The van der Waals surface area contributed by atoms with Gasteiger partial charge in [0.15, 0.2) is 0 Å². The Bertz CT molecular complexity index is 1340. The van der Waals surface area contributed by atoms with Crippen LogP contribution in [-0.4, -0.2) is 15.7 Å². The summed E-state index contributed by atoms with van der Waals surface area (Å²) in [7, 11) is 0. The molecule has 4 heteroatoms. The quantitative estimate of drug-likeness (QED) is 0.404. The van der Waals surface area contributed by atoms with Gasteiger partial charge in [0.2, 0.25) is 0 Å². The molecule has 3 atom stereocenters. The molecule has 0 aliphatic carbocycles. The van der Waals surface area contributed by atoms with Crippen LogP contribution < -0.4 is 10.6 Å². The first-order chi connectivity index (χ1) is 15.8. The van der Waals surface area contributed by atoms with Crippen molar-refractivity contribution in [2.75, 3.05) is 5.01 Å². The lowest BCUT2D eigenvalue weighted by Gasteiger charge is -2.26. The van der Waals surface area contributed by atoms with Gasteiger partial charge >= 0.3 is 0 Å². The third-order valence-corrected chi connectivity index (χ3v) is 6.73. The zero-order valence-corrected chi connectivity index (χ0v) is 17.8. The van der Waals surface area contributed by atoms with E-state index in [1.54, 1.807) is 0 Å². The second-order valence-corrected chi connectivity index (χ2v) is 8.73. The highest BCUT2D eigenvalue weighted by molar-refractivity contribution is 5.77. The van der Waals surface area contributed by atoms with E-state index in [9.17, 15) is 4.79 Å². The Labute approximate surface area is 187 Å². The van der Waals surface area contributed by atoms with Gasteiger partial charge in [-0.25, -0.2) is 9.66 Å². The van der Waals surface area contributed by atoms with Crippen molar-refractivity contribution in [2.24, 2.45) is 0 Å². The van der Waals surface area contributed by atoms with Crippen molar-refractivity contribution in [1.82, 2.24) is 9.66 Å². The summed E-state index contributed by atoms with van der Waals surface area (Å²) in [6.07, 6.45) is 7.40. The van der Waals surface area contributed by atoms with Crippen LogP contribution in [0.15, 0.2) is 95.8 Å². The Morgan fingerprint density at radius 3 is 2.44 bits per heavy atom. The number of rotatable bonds is 5. The summed E-state index contributed by atoms with van der Waals surface area (Å²) < 4.78 is 1.89. The third-order valence-electron chi connectivity index (χ3n) is 6.73. The van der Waals surface area contributed by atoms with Gasteiger partial charge in [0.1, 0.15) is 5.82 Å². The van der Waals surface area contributed by atoms with E-state index in [0.29, 0.717) is 11.4 Å². The second-order valence-electron chi connectivity index (χ2n) is 8.73. The van der Waals surface area contributed by atoms with E-state index >= 15 is 0 Å². The highest BCUT2D eigenvalue weighted by Gasteiger charge is 2.54. The normalized spacial score (nSPS) is 21.5. The fourth-order valence-corrected chi connectivity index (χ4v) is 5.15. The van der Waals surface area contributed by atoms with E-state index in [-0.39, 0.29) is 17.5 Å². The van der Waals surface area contributed by atoms with Crippen molar-refractivity contribution < 1.29 is 0 Å². The van der Waals surface area contributed by atoms with Gasteiger partial charge in [-0.05, 0) is 42.5 Å². The number of aromatic nitrogens is 2. The second kappa shape index (κ2) is 7.79. The summed E-state index contributed by atoms with van der Waals surface area (Å²) in [5, 5.41) is 2.93. The fraction of sp³-hybridized carbons (Fsp3) is 0.214. The molecule has 1 aromatic heterocycles. The van der Waals surface area contributed by atoms with Crippen LogP contribution in [-0.2, 0) is 0 Å². The van der Waals surface area contributed by atoms with Crippen LogP contribution in [0.4, 0.5) is 0 Å². The Kier molecular flexibility index (Phi) is 4.64. The molecular formula is C28H25N3O. The van der Waals surface area contributed by atoms with Crippen molar-refractivity contribution in [3.05, 3.63) is 118 Å². The molecule has 0 radical (unpaired) electrons. The highest BCUT2D eigenvalue weighted by Crippen LogP contribution is 2.50. The average molecular weight is 420 g/mol. The molecule has 0 spiro atoms. The maximum Gasteiger partial charge on any atom is 0.280 e. The maximum atomic E-state index is 13.5. The number of benzene rings is 3. The molecule has 2 unspecified atom stereocenters. The molecule has 1 saturated heterocycles. The van der Waals surface area contributed by atoms with Crippen LogP contribution in [0.25, 0.3) is 17.0 Å². The summed E-state index contributed by atoms with van der Waals surface area (Å²) >= 11 is 0. The van der Waals surface area contributed by atoms with E-state index in [4.69, 9.17) is 4.98 Å². The van der Waals surface area contributed by atoms with Crippen molar-refractivity contribution in [1.29, 1.82) is 0 Å². The predicted octanol–water partition coefficient (Wildman–Crippen LogP) is 5.44. The zero-order chi connectivity index (χ0) is 21.5. The van der Waals surface area contributed by atoms with Crippen LogP contribution in [0.2, 0.25) is 0 Å². The molecule has 2 aliphatic rings. The lowest BCUT2D eigenvalue weighted by Crippen LogP contribution is -2.38. The summed E-state index contributed by atoms with van der Waals surface area (Å²) in [4.78, 5) is 18.5. The SMILES string of the molecule is O=c1c2ccccc2nc2n1N1C(C[C@@H]2CCC=Cc2ccccc2)C1c1ccccc1. The summed E-state index contributed by atoms with van der Waals surface area (Å²) in [5.41, 5.74) is 3.34. The molecule has 0 saturated carbocycles. The lowest BCUT2D eigenvalue weighted by atomic mass is 9.93. The molecule has 4 aromatic rings. The first-order valence-electron chi connectivity index (χ1n) is 11.4. The number of allylic oxidation sites excluding steroid dienone is 1. The predicted molar refractivity (Wildman–Crippen MR) is 129 cm³/mol. The Morgan fingerprint density at radius 1 is 0.906 bits per heavy atom. The molecule has 3 heterocycles. The minimum atomic E-state index is 0.0542. The van der Waals surface area contributed by atoms with Crippen molar-refractivity contribution >= 4 is 17.0 Å². The van der Waals surface area contributed by atoms with Gasteiger partial charge in [-0.1, -0.05) is 84.9 Å². The summed E-state index contributed by atoms with van der Waals surface area (Å²) in [5.74, 6) is 1.18. The van der Waals surface area contributed by atoms with Gasteiger partial charge in [-0.15, -0.1) is 0 Å². The molecule has 0 N–H and O–H groups in total. The van der Waals surface area contributed by atoms with Crippen molar-refractivity contribution in [3.63, 3.8) is 0 Å². The van der Waals surface area contributed by atoms with Crippen LogP contribution in [0.1, 0.15) is 48.2 Å². The molecule has 0 bridgehead atoms. The Morgan fingerprint density at radius 2 is 1.62 bits per heavy atom. The maximum absolute atomic E-state index is 13.5. The summed E-state index contributed by atoms with van der Waals surface area (Å²) in [6.45, 7) is 0. The van der Waals surface area contributed by atoms with Crippen molar-refractivity contribution in [2.45, 2.75) is 37.3 Å². The van der Waals surface area contributed by atoms with Crippen molar-refractivity contribution in [3.8, 4) is 0 Å². The van der Waals surface area contributed by atoms with Gasteiger partial charge in [-0.2, -0.15) is 0 Å². The number of nitrogens with zero attached hydrogens (tertiary/aromatic N) is 3. The van der Waals surface area contributed by atoms with Gasteiger partial charge in [0.05, 0.1) is 23.0 Å². The van der Waals surface area contributed by atoms with E-state index in [0.717, 1.165) is 30.6 Å². The molecule has 1 fully saturated rings. The number of para-hydroxylation sites is 1. The minimum absolute atomic E-state index is 0.0542. The van der Waals surface area contributed by atoms with Crippen LogP contribution in [0.3, 0.4) is 0 Å². The van der Waals surface area contributed by atoms with Crippen LogP contribution in [0.5, 0.6) is 0 Å². The topological polar surface area (TPSA) is 37.9 Å². The average Bonchev–Trinajstić information content (AvgIpc) is 3.57. The zero-order valence-electron chi connectivity index (χ0n) is 17.8. The number of hydrogen-bond donors (Lipinski definition) is 0. The molecule has 32 heavy (non-hydrogen) atoms. The summed E-state index contributed by atoms with van der Waals surface area (Å²) in [6, 6.07) is 29.2. The largest absolute Gasteiger partial charge is 0.293 e. The Hall–Kier alpha value is -3.66. The fourth-order valence-electron chi connectivity index (χ4n) is 5.15. The molecule has 6 rings (SSSR count). The molecule has 0 amide bonds. The smallest absolute Gasteiger partial charge is 0.280 e. The number of fused-ring (bicyclic) bond motifs is 4. The monoisotopic (exact) mass is 419 g/mol. The molecular weight excluding hydrogens is 394 g/mol. The van der Waals surface area contributed by atoms with E-state index in [2.05, 4.69) is 65.7 Å². The van der Waals surface area contributed by atoms with Gasteiger partial charge in [-0.3, -0.25) is 9.80 Å². The van der Waals surface area contributed by atoms with E-state index in [1.807, 2.05) is 41.1 Å². The molecule has 2 aliphatic heterocycles.